The number of carbonyl (C=O) groups is 2. The minimum Gasteiger partial charge on any atom is -0.351 e. The van der Waals surface area contributed by atoms with E-state index in [1.165, 1.54) is 12.3 Å². The molecule has 0 aliphatic rings. The number of nitrogens with zero attached hydrogens (tertiary/aromatic N) is 1. The number of hydrazine groups is 1. The third-order valence-corrected chi connectivity index (χ3v) is 2.31. The minimum absolute atomic E-state index is 0.108. The highest BCUT2D eigenvalue weighted by atomic mass is 16.2. The number of nitrogens with two attached hydrogens (primary N) is 1. The molecule has 1 heterocycles. The van der Waals surface area contributed by atoms with Crippen LogP contribution in [0.2, 0.25) is 0 Å². The van der Waals surface area contributed by atoms with Crippen LogP contribution in [0.3, 0.4) is 0 Å². The summed E-state index contributed by atoms with van der Waals surface area (Å²) >= 11 is 0. The Bertz CT molecular complexity index is 482. The van der Waals surface area contributed by atoms with Crippen molar-refractivity contribution in [1.29, 1.82) is 0 Å². The van der Waals surface area contributed by atoms with Crippen LogP contribution in [0.4, 0.5) is 5.69 Å². The van der Waals surface area contributed by atoms with Crippen LogP contribution in [0.5, 0.6) is 0 Å². The van der Waals surface area contributed by atoms with Crippen LogP contribution in [0, 0.1) is 0 Å². The van der Waals surface area contributed by atoms with Gasteiger partial charge in [-0.1, -0.05) is 0 Å². The van der Waals surface area contributed by atoms with Crippen LogP contribution >= 0.6 is 0 Å². The van der Waals surface area contributed by atoms with Gasteiger partial charge in [-0.2, -0.15) is 0 Å². The fraction of sp³-hybridized carbons (Fsp3) is 0.462. The van der Waals surface area contributed by atoms with Gasteiger partial charge in [0.2, 0.25) is 5.91 Å². The predicted octanol–water partition coefficient (Wildman–Crippen LogP) is 0.402. The summed E-state index contributed by atoms with van der Waals surface area (Å²) in [5.74, 6) is 4.80. The van der Waals surface area contributed by atoms with Gasteiger partial charge in [-0.15, -0.1) is 0 Å². The number of amides is 2. The number of carbonyl (C=O) groups excluding carboxylic acids is 2. The molecule has 0 atom stereocenters. The average molecular weight is 279 g/mol. The highest BCUT2D eigenvalue weighted by molar-refractivity contribution is 5.93. The smallest absolute Gasteiger partial charge is 0.269 e. The molecule has 5 N–H and O–H groups in total. The molecule has 7 heteroatoms. The van der Waals surface area contributed by atoms with Crippen molar-refractivity contribution in [2.75, 3.05) is 12.0 Å². The third kappa shape index (κ3) is 5.66. The Labute approximate surface area is 118 Å². The first-order valence-corrected chi connectivity index (χ1v) is 6.34. The summed E-state index contributed by atoms with van der Waals surface area (Å²) in [7, 11) is 0. The molecule has 0 saturated carbocycles. The summed E-state index contributed by atoms with van der Waals surface area (Å²) in [6.07, 6.45) is 1.70. The normalized spacial score (nSPS) is 10.8. The summed E-state index contributed by atoms with van der Waals surface area (Å²) in [5, 5.41) is 5.45. The third-order valence-electron chi connectivity index (χ3n) is 2.31. The van der Waals surface area contributed by atoms with Crippen LogP contribution in [0.1, 0.15) is 37.7 Å². The van der Waals surface area contributed by atoms with Gasteiger partial charge in [0.15, 0.2) is 0 Å². The second-order valence-corrected chi connectivity index (χ2v) is 5.38. The highest BCUT2D eigenvalue weighted by Crippen LogP contribution is 2.05. The Kier molecular flexibility index (Phi) is 5.45. The number of nitrogen functional groups attached to an aromatic ring is 1. The SMILES string of the molecule is CC(C)(C)NC(=O)CCNC(=O)c1cc(NN)ccn1. The fourth-order valence-corrected chi connectivity index (χ4v) is 1.51. The zero-order valence-electron chi connectivity index (χ0n) is 12.0. The second kappa shape index (κ2) is 6.85. The lowest BCUT2D eigenvalue weighted by atomic mass is 10.1. The van der Waals surface area contributed by atoms with E-state index >= 15 is 0 Å². The molecule has 110 valence electrons. The largest absolute Gasteiger partial charge is 0.351 e. The van der Waals surface area contributed by atoms with Crippen LogP contribution in [-0.2, 0) is 4.79 Å². The second-order valence-electron chi connectivity index (χ2n) is 5.38. The van der Waals surface area contributed by atoms with E-state index in [1.54, 1.807) is 6.07 Å². The molecule has 0 fully saturated rings. The molecule has 2 amide bonds. The maximum Gasteiger partial charge on any atom is 0.269 e. The zero-order chi connectivity index (χ0) is 15.2. The van der Waals surface area contributed by atoms with E-state index in [4.69, 9.17) is 5.84 Å². The zero-order valence-corrected chi connectivity index (χ0v) is 12.0. The van der Waals surface area contributed by atoms with Crippen molar-refractivity contribution in [1.82, 2.24) is 15.6 Å². The van der Waals surface area contributed by atoms with Crippen molar-refractivity contribution in [3.05, 3.63) is 24.0 Å². The lowest BCUT2D eigenvalue weighted by molar-refractivity contribution is -0.122. The Morgan fingerprint density at radius 2 is 2.05 bits per heavy atom. The van der Waals surface area contributed by atoms with Gasteiger partial charge >= 0.3 is 0 Å². The monoisotopic (exact) mass is 279 g/mol. The average Bonchev–Trinajstić information content (AvgIpc) is 2.36. The maximum atomic E-state index is 11.8. The molecular weight excluding hydrogens is 258 g/mol. The molecule has 0 unspecified atom stereocenters. The van der Waals surface area contributed by atoms with E-state index in [9.17, 15) is 9.59 Å². The maximum absolute atomic E-state index is 11.8. The van der Waals surface area contributed by atoms with Crippen molar-refractivity contribution in [2.45, 2.75) is 32.7 Å². The molecule has 0 saturated heterocycles. The van der Waals surface area contributed by atoms with E-state index in [0.29, 0.717) is 5.69 Å². The summed E-state index contributed by atoms with van der Waals surface area (Å²) in [4.78, 5) is 27.3. The quantitative estimate of drug-likeness (QED) is 0.461. The first-order valence-electron chi connectivity index (χ1n) is 6.34. The summed E-state index contributed by atoms with van der Waals surface area (Å²) < 4.78 is 0. The molecule has 1 aromatic heterocycles. The van der Waals surface area contributed by atoms with Gasteiger partial charge in [-0.05, 0) is 32.9 Å². The minimum atomic E-state index is -0.342. The number of hydrogen-bond donors (Lipinski definition) is 4. The van der Waals surface area contributed by atoms with Gasteiger partial charge in [0.25, 0.3) is 5.91 Å². The van der Waals surface area contributed by atoms with Gasteiger partial charge < -0.3 is 16.1 Å². The Morgan fingerprint density at radius 3 is 2.65 bits per heavy atom. The molecule has 7 nitrogen and oxygen atoms in total. The first kappa shape index (κ1) is 15.9. The first-order chi connectivity index (χ1) is 9.31. The van der Waals surface area contributed by atoms with Gasteiger partial charge in [0.1, 0.15) is 5.69 Å². The van der Waals surface area contributed by atoms with Crippen molar-refractivity contribution < 1.29 is 9.59 Å². The number of rotatable bonds is 5. The molecule has 20 heavy (non-hydrogen) atoms. The molecule has 1 aromatic rings. The number of nitrogens with one attached hydrogen (secondary N) is 3. The molecule has 0 spiro atoms. The molecule has 1 rings (SSSR count). The van der Waals surface area contributed by atoms with E-state index in [-0.39, 0.29) is 36.0 Å². The topological polar surface area (TPSA) is 109 Å². The summed E-state index contributed by atoms with van der Waals surface area (Å²) in [6.45, 7) is 5.96. The summed E-state index contributed by atoms with van der Waals surface area (Å²) in [5.41, 5.74) is 3.00. The fourth-order valence-electron chi connectivity index (χ4n) is 1.51. The Hall–Kier alpha value is -2.15. The van der Waals surface area contributed by atoms with E-state index in [0.717, 1.165) is 0 Å². The van der Waals surface area contributed by atoms with Crippen molar-refractivity contribution >= 4 is 17.5 Å². The van der Waals surface area contributed by atoms with E-state index in [2.05, 4.69) is 21.0 Å². The number of hydrogen-bond acceptors (Lipinski definition) is 5. The van der Waals surface area contributed by atoms with Crippen molar-refractivity contribution in [2.24, 2.45) is 5.84 Å². The van der Waals surface area contributed by atoms with Gasteiger partial charge in [-0.25, -0.2) is 0 Å². The molecular formula is C13H21N5O2. The molecule has 0 radical (unpaired) electrons. The van der Waals surface area contributed by atoms with Gasteiger partial charge in [-0.3, -0.25) is 20.4 Å². The molecule has 0 aliphatic heterocycles. The Morgan fingerprint density at radius 1 is 1.35 bits per heavy atom. The molecule has 0 aromatic carbocycles. The van der Waals surface area contributed by atoms with Crippen LogP contribution in [0.15, 0.2) is 18.3 Å². The van der Waals surface area contributed by atoms with Crippen LogP contribution in [0.25, 0.3) is 0 Å². The molecule has 0 bridgehead atoms. The van der Waals surface area contributed by atoms with Crippen molar-refractivity contribution in [3.8, 4) is 0 Å². The summed E-state index contributed by atoms with van der Waals surface area (Å²) in [6, 6.07) is 3.18. The lowest BCUT2D eigenvalue weighted by Crippen LogP contribution is -2.42. The number of pyridine rings is 1. The standard InChI is InChI=1S/C13H21N5O2/c1-13(2,3)17-11(19)5-7-16-12(20)10-8-9(18-14)4-6-15-10/h4,6,8H,5,7,14H2,1-3H3,(H,15,18)(H,16,20)(H,17,19). The van der Waals surface area contributed by atoms with E-state index in [1.807, 2.05) is 20.8 Å². The molecule has 0 aliphatic carbocycles. The van der Waals surface area contributed by atoms with Crippen LogP contribution < -0.4 is 21.9 Å². The lowest BCUT2D eigenvalue weighted by Gasteiger charge is -2.20. The highest BCUT2D eigenvalue weighted by Gasteiger charge is 2.14. The predicted molar refractivity (Wildman–Crippen MR) is 76.9 cm³/mol. The Balaban J connectivity index is 2.42. The van der Waals surface area contributed by atoms with E-state index < -0.39 is 0 Å². The van der Waals surface area contributed by atoms with Gasteiger partial charge in [0, 0.05) is 24.7 Å². The van der Waals surface area contributed by atoms with Crippen LogP contribution in [-0.4, -0.2) is 28.9 Å². The number of aromatic nitrogens is 1. The number of anilines is 1. The van der Waals surface area contributed by atoms with Crippen molar-refractivity contribution in [3.63, 3.8) is 0 Å². The van der Waals surface area contributed by atoms with Gasteiger partial charge in [0.05, 0.1) is 5.69 Å².